The lowest BCUT2D eigenvalue weighted by atomic mass is 9.80. The van der Waals surface area contributed by atoms with Crippen molar-refractivity contribution >= 4 is 90.9 Å². The van der Waals surface area contributed by atoms with Crippen molar-refractivity contribution < 1.29 is 60.7 Å². The number of methoxy groups -OCH3 is 1. The number of likely N-dealkylation sites (tertiary alicyclic amines) is 4. The average Bonchev–Trinajstić information content (AvgIpc) is 1.62. The number of carbonyl (C=O) groups excluding carboxylic acids is 8. The summed E-state index contributed by atoms with van der Waals surface area (Å²) in [5.74, 6) is -6.78. The summed E-state index contributed by atoms with van der Waals surface area (Å²) in [5.41, 5.74) is 19.6. The van der Waals surface area contributed by atoms with E-state index in [-0.39, 0.29) is 84.7 Å². The topological polar surface area (TPSA) is 325 Å². The van der Waals surface area contributed by atoms with Gasteiger partial charge in [0.25, 0.3) is 11.8 Å². The number of fused-ring (bicyclic) bond motifs is 4. The van der Waals surface area contributed by atoms with E-state index in [4.69, 9.17) is 30.5 Å². The van der Waals surface area contributed by atoms with Gasteiger partial charge in [-0.1, -0.05) is 56.2 Å². The molecule has 147 heavy (non-hydrogen) atoms. The third-order valence-electron chi connectivity index (χ3n) is 32.0. The van der Waals surface area contributed by atoms with E-state index in [1.807, 2.05) is 71.2 Å². The fraction of sp³-hybridized carbons (Fsp3) is 0.458. The van der Waals surface area contributed by atoms with E-state index in [1.165, 1.54) is 57.8 Å². The molecule has 29 heteroatoms. The minimum absolute atomic E-state index is 0.0142. The Morgan fingerprint density at radius 2 is 0.762 bits per heavy atom. The van der Waals surface area contributed by atoms with E-state index in [0.717, 1.165) is 165 Å². The molecule has 12 aromatic rings. The number of rotatable bonds is 24. The van der Waals surface area contributed by atoms with Crippen LogP contribution in [0.2, 0.25) is 0 Å². The van der Waals surface area contributed by atoms with Gasteiger partial charge in [0.1, 0.15) is 28.3 Å². The van der Waals surface area contributed by atoms with Gasteiger partial charge in [-0.3, -0.25) is 38.4 Å². The first-order valence-corrected chi connectivity index (χ1v) is 51.4. The van der Waals surface area contributed by atoms with Crippen molar-refractivity contribution in [2.75, 3.05) is 39.8 Å². The minimum Gasteiger partial charge on any atom is -0.497 e. The maximum Gasteiger partial charge on any atom is 0.256 e. The Balaban J connectivity index is 0.000000147. The van der Waals surface area contributed by atoms with Crippen LogP contribution in [0.5, 0.6) is 5.75 Å². The highest BCUT2D eigenvalue weighted by atomic mass is 19.3. The van der Waals surface area contributed by atoms with Gasteiger partial charge in [-0.15, -0.1) is 0 Å². The lowest BCUT2D eigenvalue weighted by Gasteiger charge is -2.39. The van der Waals surface area contributed by atoms with Crippen LogP contribution in [0.4, 0.5) is 17.6 Å². The zero-order valence-corrected chi connectivity index (χ0v) is 87.3. The number of aromatic nitrogens is 8. The highest BCUT2D eigenvalue weighted by Gasteiger charge is 2.45. The lowest BCUT2D eigenvalue weighted by Crippen LogP contribution is -2.49. The summed E-state index contributed by atoms with van der Waals surface area (Å²) in [5, 5.41) is 41.1. The lowest BCUT2D eigenvalue weighted by molar-refractivity contribution is -0.151. The average molecular weight is 1990 g/mol. The number of carbonyl (C=O) groups is 8. The summed E-state index contributed by atoms with van der Waals surface area (Å²) in [6.45, 7) is 23.8. The quantitative estimate of drug-likeness (QED) is 0.0401. The fourth-order valence-electron chi connectivity index (χ4n) is 22.8. The van der Waals surface area contributed by atoms with Gasteiger partial charge >= 0.3 is 0 Å². The maximum atomic E-state index is 13.8. The Bertz CT molecular complexity index is 7070. The number of hydrogen-bond donors (Lipinski definition) is 0. The number of Topliss-reactive ketones (excluding diaryl/α,β-unsaturated/α-hetero) is 4. The zero-order valence-electron chi connectivity index (χ0n) is 87.3. The van der Waals surface area contributed by atoms with Crippen LogP contribution in [-0.2, 0) is 73.1 Å². The Kier molecular flexibility index (Phi) is 32.7. The largest absolute Gasteiger partial charge is 0.497 e. The minimum atomic E-state index is -3.06. The van der Waals surface area contributed by atoms with Crippen LogP contribution in [0.3, 0.4) is 0 Å². The molecule has 6 fully saturated rings. The number of nitrogens with zero attached hydrogens (tertiary/aromatic N) is 16. The van der Waals surface area contributed by atoms with Crippen molar-refractivity contribution in [1.82, 2.24) is 57.8 Å². The van der Waals surface area contributed by atoms with Crippen LogP contribution in [0.25, 0.3) is 44.1 Å². The summed E-state index contributed by atoms with van der Waals surface area (Å²) >= 11 is 0. The van der Waals surface area contributed by atoms with Crippen LogP contribution >= 0.6 is 0 Å². The van der Waals surface area contributed by atoms with Gasteiger partial charge < -0.3 is 42.6 Å². The second kappa shape index (κ2) is 44.9. The molecule has 4 amide bonds. The summed E-state index contributed by atoms with van der Waals surface area (Å²) < 4.78 is 68.5. The molecule has 0 N–H and O–H groups in total. The molecule has 0 bridgehead atoms. The van der Waals surface area contributed by atoms with Crippen LogP contribution in [0, 0.1) is 103 Å². The van der Waals surface area contributed by atoms with Gasteiger partial charge in [0.2, 0.25) is 23.6 Å². The van der Waals surface area contributed by atoms with Crippen molar-refractivity contribution in [3.63, 3.8) is 0 Å². The number of piperidine rings is 4. The zero-order chi connectivity index (χ0) is 106. The number of ketones is 4. The molecule has 766 valence electrons. The highest BCUT2D eigenvalue weighted by molar-refractivity contribution is 6.02. The van der Waals surface area contributed by atoms with Crippen molar-refractivity contribution in [1.29, 1.82) is 21.0 Å². The summed E-state index contributed by atoms with van der Waals surface area (Å²) in [7, 11) is 9.44. The molecule has 4 aromatic carbocycles. The number of nitriles is 4. The smallest absolute Gasteiger partial charge is 0.256 e. The molecular formula is C118H132F4N16O9. The molecule has 4 saturated heterocycles. The number of alkyl halides is 4. The molecule has 25 nitrogen and oxygen atoms in total. The van der Waals surface area contributed by atoms with Crippen LogP contribution in [0.15, 0.2) is 141 Å². The first-order valence-electron chi connectivity index (χ1n) is 51.4. The Labute approximate surface area is 857 Å². The van der Waals surface area contributed by atoms with E-state index in [1.54, 1.807) is 119 Å². The van der Waals surface area contributed by atoms with Gasteiger partial charge in [0.05, 0.1) is 65.5 Å². The second-order valence-corrected chi connectivity index (χ2v) is 42.3. The maximum absolute atomic E-state index is 13.8. The number of benzene rings is 4. The Morgan fingerprint density at radius 1 is 0.429 bits per heavy atom. The van der Waals surface area contributed by atoms with Gasteiger partial charge in [0.15, 0.2) is 23.1 Å². The molecule has 18 rings (SSSR count). The van der Waals surface area contributed by atoms with E-state index >= 15 is 0 Å². The standard InChI is InChI=1S/C31H36N4O3.2C29H32F2N4O2.C29H32N4O2/c1-19-11-23(9-10-35(19)31(37)22-7-5-6-8-22)27-18-34(3)30-29(27)20(2)25(17-33-30)15-28(36)24-12-21(16-32)13-26(14-24)38-4;2*1-17-11-21(9-10-35(17)28(37)19(3)29(4,30)31)24-16-34(5)27-26(24)18(2)23(15-33-27)13-25(36)22-8-6-7-20(12-22)14-32;1-18-16-33(27(35)12-20-7-8-20)10-9-24(18)25-17-32(3)29-28(25)19(2)23(15-31-29)13-26(34)22-6-4-5-21(11-22)14-30/h12-14,17-19,22-23H,5-11,15H2,1-4H3;2*6-8,12,15-17,19,21H,9-11,13H2,1-5H3;4-6,11,15,17-18,20,24H,7-10,12-13,16H2,1-3H3/t19-,23+;17-,19+,21+;17-,19-,21+;18-,24+/m0000/s1. The molecule has 6 aliphatic rings. The molecule has 2 aliphatic carbocycles. The van der Waals surface area contributed by atoms with Gasteiger partial charge in [-0.2, -0.15) is 21.0 Å². The normalized spacial score (nSPS) is 19.5. The highest BCUT2D eigenvalue weighted by Crippen LogP contribution is 2.47. The van der Waals surface area contributed by atoms with Gasteiger partial charge in [-0.05, 0) is 290 Å². The molecule has 8 aromatic heterocycles. The molecule has 0 spiro atoms. The summed E-state index contributed by atoms with van der Waals surface area (Å²) in [6, 6.07) is 33.4. The SMILES string of the molecule is COc1cc(C#N)cc(C(=O)Cc2cnc3c(c([C@@H]4CCN(C(=O)C5CCCC5)[C@@H](C)C4)cn3C)c2C)c1.Cc1c(CC(=O)c2cccc(C#N)c2)cnc2c1c([C@@H]1CCN(C(=O)CC3CC3)C[C@@H]1C)cn2C.Cc1c(CC(=O)c2cccc(C#N)c2)cnc2c1c([C@@H]1CCN(C(=O)[C@@H](C)C(C)(F)F)[C@@H](C)C1)cn2C.Cc1c(CC(=O)c2cccc(C#N)c2)cnc2c1c([C@@H]1CCN(C(=O)[C@H](C)C(C)(F)F)[C@@H](C)C1)cn2C. The van der Waals surface area contributed by atoms with Crippen LogP contribution in [-0.4, -0.2) is 174 Å². The van der Waals surface area contributed by atoms with Crippen molar-refractivity contribution in [3.05, 3.63) is 252 Å². The number of halogens is 4. The number of hydrogen-bond acceptors (Lipinski definition) is 17. The van der Waals surface area contributed by atoms with E-state index in [0.29, 0.717) is 131 Å². The van der Waals surface area contributed by atoms with E-state index in [2.05, 4.69) is 106 Å². The van der Waals surface area contributed by atoms with Gasteiger partial charge in [0, 0.05) is 224 Å². The third kappa shape index (κ3) is 23.4. The molecule has 0 radical (unpaired) electrons. The fourth-order valence-corrected chi connectivity index (χ4v) is 22.8. The monoisotopic (exact) mass is 1990 g/mol. The molecule has 10 atom stereocenters. The molecular weight excluding hydrogens is 1860 g/mol. The van der Waals surface area contributed by atoms with Crippen molar-refractivity contribution in [3.8, 4) is 30.0 Å². The molecule has 12 heterocycles. The Morgan fingerprint density at radius 3 is 1.09 bits per heavy atom. The van der Waals surface area contributed by atoms with E-state index in [9.17, 15) is 61.2 Å². The predicted octanol–water partition coefficient (Wildman–Crippen LogP) is 21.5. The van der Waals surface area contributed by atoms with Crippen molar-refractivity contribution in [2.24, 2.45) is 57.8 Å². The van der Waals surface area contributed by atoms with Crippen molar-refractivity contribution in [2.45, 2.75) is 252 Å². The number of pyridine rings is 4. The van der Waals surface area contributed by atoms with Crippen LogP contribution < -0.4 is 4.74 Å². The van der Waals surface area contributed by atoms with E-state index < -0.39 is 35.5 Å². The third-order valence-corrected chi connectivity index (χ3v) is 32.0. The van der Waals surface area contributed by atoms with Crippen LogP contribution in [0.1, 0.15) is 299 Å². The molecule has 4 aliphatic heterocycles. The number of amides is 4. The number of aryl methyl sites for hydroxylation is 8. The summed E-state index contributed by atoms with van der Waals surface area (Å²) in [6.07, 6.45) is 29.4. The van der Waals surface area contributed by atoms with Gasteiger partial charge in [-0.25, -0.2) is 37.5 Å². The number of ether oxygens (including phenoxy) is 1. The first-order chi connectivity index (χ1) is 70.0. The predicted molar refractivity (Wildman–Crippen MR) is 557 cm³/mol. The first kappa shape index (κ1) is 107. The molecule has 0 unspecified atom stereocenters. The second-order valence-electron chi connectivity index (χ2n) is 42.3. The Hall–Kier alpha value is -14.3. The molecule has 2 saturated carbocycles. The summed E-state index contributed by atoms with van der Waals surface area (Å²) in [4.78, 5) is 130.